The number of rotatable bonds is 2. The molecule has 94 valence electrons. The Hall–Kier alpha value is -0.0800. The van der Waals surface area contributed by atoms with E-state index in [1.54, 1.807) is 0 Å². The summed E-state index contributed by atoms with van der Waals surface area (Å²) in [7, 11) is 0. The van der Waals surface area contributed by atoms with Crippen molar-refractivity contribution in [3.63, 3.8) is 0 Å². The summed E-state index contributed by atoms with van der Waals surface area (Å²) in [6.07, 6.45) is 6.66. The largest absolute Gasteiger partial charge is 0.326 e. The van der Waals surface area contributed by atoms with Crippen molar-refractivity contribution in [2.75, 3.05) is 6.54 Å². The number of hydrogen-bond acceptors (Lipinski definition) is 2. The van der Waals surface area contributed by atoms with E-state index in [2.05, 4.69) is 25.7 Å². The average Bonchev–Trinajstić information content (AvgIpc) is 2.64. The molecule has 1 saturated carbocycles. The first kappa shape index (κ1) is 12.4. The van der Waals surface area contributed by atoms with Gasteiger partial charge in [-0.2, -0.15) is 0 Å². The molecule has 0 radical (unpaired) electrons. The third-order valence-corrected chi connectivity index (χ3v) is 4.75. The lowest BCUT2D eigenvalue weighted by atomic mass is 9.76. The Balaban J connectivity index is 2.06. The van der Waals surface area contributed by atoms with E-state index < -0.39 is 0 Å². The van der Waals surface area contributed by atoms with Crippen LogP contribution in [0.15, 0.2) is 0 Å². The molecule has 0 aromatic rings. The van der Waals surface area contributed by atoms with E-state index in [0.29, 0.717) is 12.1 Å². The van der Waals surface area contributed by atoms with Crippen molar-refractivity contribution in [1.82, 2.24) is 4.90 Å². The summed E-state index contributed by atoms with van der Waals surface area (Å²) in [5.41, 5.74) is 6.41. The smallest absolute Gasteiger partial charge is 0.0275 e. The first-order valence-corrected chi connectivity index (χ1v) is 7.14. The second kappa shape index (κ2) is 5.05. The van der Waals surface area contributed by atoms with Crippen LogP contribution in [0, 0.1) is 11.8 Å². The van der Waals surface area contributed by atoms with Gasteiger partial charge in [0.25, 0.3) is 0 Å². The molecule has 0 spiro atoms. The van der Waals surface area contributed by atoms with Crippen molar-refractivity contribution in [2.45, 2.75) is 71.0 Å². The highest BCUT2D eigenvalue weighted by atomic mass is 15.2. The lowest BCUT2D eigenvalue weighted by Gasteiger charge is -2.45. The highest BCUT2D eigenvalue weighted by Crippen LogP contribution is 2.35. The SMILES string of the molecule is CCC1CCCN1C1C(C)CC(C)CC1N. The van der Waals surface area contributed by atoms with Crippen molar-refractivity contribution < 1.29 is 0 Å². The van der Waals surface area contributed by atoms with Crippen LogP contribution in [-0.2, 0) is 0 Å². The van der Waals surface area contributed by atoms with Crippen LogP contribution in [0.25, 0.3) is 0 Å². The third kappa shape index (κ3) is 2.28. The van der Waals surface area contributed by atoms with Gasteiger partial charge in [0.05, 0.1) is 0 Å². The second-order valence-electron chi connectivity index (χ2n) is 6.15. The fraction of sp³-hybridized carbons (Fsp3) is 1.00. The van der Waals surface area contributed by atoms with Gasteiger partial charge in [-0.1, -0.05) is 20.8 Å². The van der Waals surface area contributed by atoms with E-state index in [-0.39, 0.29) is 0 Å². The van der Waals surface area contributed by atoms with E-state index in [1.165, 1.54) is 38.6 Å². The molecule has 5 unspecified atom stereocenters. The van der Waals surface area contributed by atoms with Gasteiger partial charge in [-0.15, -0.1) is 0 Å². The van der Waals surface area contributed by atoms with Crippen LogP contribution in [0.1, 0.15) is 52.9 Å². The van der Waals surface area contributed by atoms with Gasteiger partial charge >= 0.3 is 0 Å². The molecule has 2 nitrogen and oxygen atoms in total. The minimum atomic E-state index is 0.408. The normalized spacial score (nSPS) is 46.1. The molecule has 0 bridgehead atoms. The van der Waals surface area contributed by atoms with Crippen molar-refractivity contribution in [2.24, 2.45) is 17.6 Å². The quantitative estimate of drug-likeness (QED) is 0.781. The monoisotopic (exact) mass is 224 g/mol. The molecule has 1 saturated heterocycles. The van der Waals surface area contributed by atoms with Crippen LogP contribution in [0.3, 0.4) is 0 Å². The Morgan fingerprint density at radius 1 is 1.25 bits per heavy atom. The highest BCUT2D eigenvalue weighted by molar-refractivity contribution is 4.96. The van der Waals surface area contributed by atoms with Crippen molar-refractivity contribution in [1.29, 1.82) is 0 Å². The first-order valence-electron chi connectivity index (χ1n) is 7.14. The molecule has 0 aromatic carbocycles. The second-order valence-corrected chi connectivity index (χ2v) is 6.15. The lowest BCUT2D eigenvalue weighted by Crippen LogP contribution is -2.56. The molecule has 2 heteroatoms. The molecule has 5 atom stereocenters. The van der Waals surface area contributed by atoms with Gasteiger partial charge in [0.15, 0.2) is 0 Å². The topological polar surface area (TPSA) is 29.3 Å². The molecule has 0 aromatic heterocycles. The van der Waals surface area contributed by atoms with Crippen LogP contribution in [0.4, 0.5) is 0 Å². The minimum absolute atomic E-state index is 0.408. The molecule has 1 aliphatic carbocycles. The number of nitrogens with two attached hydrogens (primary N) is 1. The Bertz CT molecular complexity index is 217. The summed E-state index contributed by atoms with van der Waals surface area (Å²) in [6.45, 7) is 8.37. The van der Waals surface area contributed by atoms with E-state index >= 15 is 0 Å². The third-order valence-electron chi connectivity index (χ3n) is 4.75. The Morgan fingerprint density at radius 2 is 2.00 bits per heavy atom. The molecule has 2 N–H and O–H groups in total. The zero-order valence-corrected chi connectivity index (χ0v) is 11.2. The summed E-state index contributed by atoms with van der Waals surface area (Å²) < 4.78 is 0. The molecule has 2 fully saturated rings. The van der Waals surface area contributed by atoms with Gasteiger partial charge in [-0.3, -0.25) is 4.90 Å². The summed E-state index contributed by atoms with van der Waals surface area (Å²) >= 11 is 0. The molecule has 1 aliphatic heterocycles. The maximum absolute atomic E-state index is 6.41. The summed E-state index contributed by atoms with van der Waals surface area (Å²) in [5.74, 6) is 1.61. The molecule has 2 aliphatic rings. The van der Waals surface area contributed by atoms with Crippen LogP contribution in [0.5, 0.6) is 0 Å². The van der Waals surface area contributed by atoms with E-state index in [1.807, 2.05) is 0 Å². The van der Waals surface area contributed by atoms with E-state index in [4.69, 9.17) is 5.73 Å². The van der Waals surface area contributed by atoms with Gasteiger partial charge in [0.2, 0.25) is 0 Å². The standard InChI is InChI=1S/C14H28N2/c1-4-12-6-5-7-16(12)14-11(3)8-10(2)9-13(14)15/h10-14H,4-9,15H2,1-3H3. The maximum Gasteiger partial charge on any atom is 0.0275 e. The van der Waals surface area contributed by atoms with E-state index in [0.717, 1.165) is 17.9 Å². The molecule has 1 heterocycles. The van der Waals surface area contributed by atoms with Crippen molar-refractivity contribution in [3.05, 3.63) is 0 Å². The van der Waals surface area contributed by atoms with Gasteiger partial charge < -0.3 is 5.73 Å². The summed E-state index contributed by atoms with van der Waals surface area (Å²) in [6, 6.07) is 1.88. The van der Waals surface area contributed by atoms with Crippen LogP contribution in [-0.4, -0.2) is 29.6 Å². The van der Waals surface area contributed by atoms with Gasteiger partial charge in [0.1, 0.15) is 0 Å². The minimum Gasteiger partial charge on any atom is -0.326 e. The number of nitrogens with zero attached hydrogens (tertiary/aromatic N) is 1. The van der Waals surface area contributed by atoms with Gasteiger partial charge in [-0.25, -0.2) is 0 Å². The van der Waals surface area contributed by atoms with E-state index in [9.17, 15) is 0 Å². The van der Waals surface area contributed by atoms with Gasteiger partial charge in [-0.05, 0) is 50.5 Å². The number of likely N-dealkylation sites (tertiary alicyclic amines) is 1. The van der Waals surface area contributed by atoms with Crippen LogP contribution >= 0.6 is 0 Å². The zero-order chi connectivity index (χ0) is 11.7. The molecule has 0 amide bonds. The Labute approximate surface area is 101 Å². The number of hydrogen-bond donors (Lipinski definition) is 1. The summed E-state index contributed by atoms with van der Waals surface area (Å²) in [5, 5.41) is 0. The Morgan fingerprint density at radius 3 is 2.62 bits per heavy atom. The molecule has 16 heavy (non-hydrogen) atoms. The van der Waals surface area contributed by atoms with Crippen molar-refractivity contribution in [3.8, 4) is 0 Å². The molecular weight excluding hydrogens is 196 g/mol. The Kier molecular flexibility index (Phi) is 3.91. The lowest BCUT2D eigenvalue weighted by molar-refractivity contribution is 0.0643. The zero-order valence-electron chi connectivity index (χ0n) is 11.2. The van der Waals surface area contributed by atoms with Gasteiger partial charge in [0, 0.05) is 18.1 Å². The first-order chi connectivity index (χ1) is 7.63. The van der Waals surface area contributed by atoms with Crippen molar-refractivity contribution >= 4 is 0 Å². The predicted molar refractivity (Wildman–Crippen MR) is 69.3 cm³/mol. The highest BCUT2D eigenvalue weighted by Gasteiger charge is 2.39. The predicted octanol–water partition coefficient (Wildman–Crippen LogP) is 2.62. The molecular formula is C14H28N2. The van der Waals surface area contributed by atoms with Crippen LogP contribution < -0.4 is 5.73 Å². The molecule has 2 rings (SSSR count). The average molecular weight is 224 g/mol. The fourth-order valence-electron chi connectivity index (χ4n) is 4.16. The maximum atomic E-state index is 6.41. The van der Waals surface area contributed by atoms with Crippen LogP contribution in [0.2, 0.25) is 0 Å². The summed E-state index contributed by atoms with van der Waals surface area (Å²) in [4.78, 5) is 2.74. The fourth-order valence-corrected chi connectivity index (χ4v) is 4.16.